The van der Waals surface area contributed by atoms with Crippen LogP contribution in [0.5, 0.6) is 5.75 Å². The van der Waals surface area contributed by atoms with E-state index in [0.717, 1.165) is 22.8 Å². The maximum atomic E-state index is 6.07. The molecule has 0 heterocycles. The van der Waals surface area contributed by atoms with Crippen molar-refractivity contribution < 1.29 is 4.74 Å². The van der Waals surface area contributed by atoms with Crippen LogP contribution in [0.25, 0.3) is 0 Å². The first kappa shape index (κ1) is 11.6. The number of hydrogen-bond acceptors (Lipinski definition) is 2. The Balaban J connectivity index is 0.000000980. The van der Waals surface area contributed by atoms with E-state index in [4.69, 9.17) is 22.1 Å². The molecule has 1 saturated carbocycles. The first-order valence-corrected chi connectivity index (χ1v) is 4.70. The molecule has 1 fully saturated rings. The molecule has 1 aliphatic carbocycles. The van der Waals surface area contributed by atoms with Crippen molar-refractivity contribution in [1.82, 2.24) is 0 Å². The van der Waals surface area contributed by atoms with Gasteiger partial charge in [0.1, 0.15) is 5.75 Å². The Labute approximate surface area is 94.8 Å². The van der Waals surface area contributed by atoms with Gasteiger partial charge < -0.3 is 10.5 Å². The lowest BCUT2D eigenvalue weighted by molar-refractivity contribution is 0.409. The third kappa shape index (κ3) is 1.97. The molecule has 1 aromatic rings. The summed E-state index contributed by atoms with van der Waals surface area (Å²) in [5.74, 6) is 1.24. The van der Waals surface area contributed by atoms with Crippen molar-refractivity contribution in [2.45, 2.75) is 18.4 Å². The van der Waals surface area contributed by atoms with Gasteiger partial charge in [0.15, 0.2) is 0 Å². The van der Waals surface area contributed by atoms with E-state index in [1.165, 1.54) is 0 Å². The molecule has 78 valence electrons. The normalized spacial score (nSPS) is 23.9. The van der Waals surface area contributed by atoms with Gasteiger partial charge in [-0.25, -0.2) is 0 Å². The van der Waals surface area contributed by atoms with E-state index < -0.39 is 0 Å². The monoisotopic (exact) mass is 233 g/mol. The number of benzene rings is 1. The predicted molar refractivity (Wildman–Crippen MR) is 60.6 cm³/mol. The fraction of sp³-hybridized carbons (Fsp3) is 0.400. The second kappa shape index (κ2) is 4.39. The highest BCUT2D eigenvalue weighted by atomic mass is 35.5. The second-order valence-corrected chi connectivity index (χ2v) is 3.77. The number of hydrogen-bond donors (Lipinski definition) is 1. The molecule has 1 aliphatic rings. The van der Waals surface area contributed by atoms with Gasteiger partial charge in [0.05, 0.1) is 7.11 Å². The van der Waals surface area contributed by atoms with Crippen molar-refractivity contribution in [2.24, 2.45) is 5.73 Å². The molecule has 0 spiro atoms. The van der Waals surface area contributed by atoms with Crippen LogP contribution in [0, 0.1) is 0 Å². The Morgan fingerprint density at radius 2 is 2.14 bits per heavy atom. The standard InChI is InChI=1S/C10H12ClNO.ClH/c1-13-9-4-2-3-7(11)10(9)6-5-8(6)12;/h2-4,6,8H,5,12H2,1H3;1H/t6-,8-;/m1./s1. The summed E-state index contributed by atoms with van der Waals surface area (Å²) in [5, 5.41) is 0.761. The van der Waals surface area contributed by atoms with Gasteiger partial charge in [0.2, 0.25) is 0 Å². The van der Waals surface area contributed by atoms with Crippen LogP contribution in [0.1, 0.15) is 17.9 Å². The van der Waals surface area contributed by atoms with E-state index in [1.807, 2.05) is 18.2 Å². The molecule has 0 unspecified atom stereocenters. The van der Waals surface area contributed by atoms with Gasteiger partial charge >= 0.3 is 0 Å². The third-order valence-electron chi connectivity index (χ3n) is 2.44. The highest BCUT2D eigenvalue weighted by molar-refractivity contribution is 6.31. The van der Waals surface area contributed by atoms with Gasteiger partial charge in [-0.3, -0.25) is 0 Å². The molecular weight excluding hydrogens is 221 g/mol. The van der Waals surface area contributed by atoms with E-state index in [9.17, 15) is 0 Å². The van der Waals surface area contributed by atoms with Crippen LogP contribution < -0.4 is 10.5 Å². The van der Waals surface area contributed by atoms with E-state index in [-0.39, 0.29) is 18.4 Å². The Kier molecular flexibility index (Phi) is 3.65. The quantitative estimate of drug-likeness (QED) is 0.853. The zero-order valence-electron chi connectivity index (χ0n) is 7.87. The van der Waals surface area contributed by atoms with Crippen LogP contribution in [0.4, 0.5) is 0 Å². The topological polar surface area (TPSA) is 35.2 Å². The van der Waals surface area contributed by atoms with Gasteiger partial charge in [-0.2, -0.15) is 0 Å². The molecule has 2 N–H and O–H groups in total. The summed E-state index contributed by atoms with van der Waals surface area (Å²) in [5.41, 5.74) is 6.85. The number of ether oxygens (including phenoxy) is 1. The van der Waals surface area contributed by atoms with Crippen LogP contribution >= 0.6 is 24.0 Å². The van der Waals surface area contributed by atoms with Gasteiger partial charge in [0, 0.05) is 22.5 Å². The number of nitrogens with two attached hydrogens (primary N) is 1. The van der Waals surface area contributed by atoms with Gasteiger partial charge in [-0.05, 0) is 18.6 Å². The lowest BCUT2D eigenvalue weighted by atomic mass is 10.1. The number of halogens is 2. The van der Waals surface area contributed by atoms with Crippen LogP contribution in [-0.2, 0) is 0 Å². The summed E-state index contributed by atoms with van der Waals surface area (Å²) in [6, 6.07) is 5.95. The van der Waals surface area contributed by atoms with Crippen molar-refractivity contribution in [3.8, 4) is 5.75 Å². The fourth-order valence-corrected chi connectivity index (χ4v) is 1.91. The summed E-state index contributed by atoms with van der Waals surface area (Å²) in [6.07, 6.45) is 1.01. The molecule has 0 aliphatic heterocycles. The Hall–Kier alpha value is -0.440. The molecular formula is C10H13Cl2NO. The van der Waals surface area contributed by atoms with Gasteiger partial charge in [-0.15, -0.1) is 12.4 Å². The Morgan fingerprint density at radius 3 is 2.64 bits per heavy atom. The SMILES string of the molecule is COc1cccc(Cl)c1[C@@H]1C[C@H]1N.Cl. The van der Waals surface area contributed by atoms with Gasteiger partial charge in [-0.1, -0.05) is 17.7 Å². The van der Waals surface area contributed by atoms with Crippen LogP contribution in [-0.4, -0.2) is 13.2 Å². The van der Waals surface area contributed by atoms with Crippen molar-refractivity contribution in [1.29, 1.82) is 0 Å². The molecule has 0 aromatic heterocycles. The van der Waals surface area contributed by atoms with Gasteiger partial charge in [0.25, 0.3) is 0 Å². The van der Waals surface area contributed by atoms with E-state index >= 15 is 0 Å². The highest BCUT2D eigenvalue weighted by Gasteiger charge is 2.38. The van der Waals surface area contributed by atoms with Crippen molar-refractivity contribution >= 4 is 24.0 Å². The lowest BCUT2D eigenvalue weighted by Crippen LogP contribution is -2.02. The minimum Gasteiger partial charge on any atom is -0.496 e. The minimum atomic E-state index is 0. The maximum absolute atomic E-state index is 6.07. The second-order valence-electron chi connectivity index (χ2n) is 3.36. The van der Waals surface area contributed by atoms with Crippen LogP contribution in [0.2, 0.25) is 5.02 Å². The maximum Gasteiger partial charge on any atom is 0.123 e. The summed E-state index contributed by atoms with van der Waals surface area (Å²) in [6.45, 7) is 0. The van der Waals surface area contributed by atoms with Crippen molar-refractivity contribution in [3.63, 3.8) is 0 Å². The Bertz CT molecular complexity index is 330. The van der Waals surface area contributed by atoms with Crippen LogP contribution in [0.3, 0.4) is 0 Å². The average molecular weight is 234 g/mol. The summed E-state index contributed by atoms with van der Waals surface area (Å²) < 4.78 is 5.24. The molecule has 0 bridgehead atoms. The highest BCUT2D eigenvalue weighted by Crippen LogP contribution is 2.46. The molecule has 0 radical (unpaired) electrons. The first-order valence-electron chi connectivity index (χ1n) is 4.32. The van der Waals surface area contributed by atoms with E-state index in [0.29, 0.717) is 5.92 Å². The summed E-state index contributed by atoms with van der Waals surface area (Å²) >= 11 is 6.07. The molecule has 0 saturated heterocycles. The predicted octanol–water partition coefficient (Wildman–Crippen LogP) is 2.59. The fourth-order valence-electron chi connectivity index (χ4n) is 1.60. The van der Waals surface area contributed by atoms with Crippen molar-refractivity contribution in [3.05, 3.63) is 28.8 Å². The average Bonchev–Trinajstić information content (AvgIpc) is 2.82. The molecule has 2 atom stereocenters. The molecule has 0 amide bonds. The molecule has 1 aromatic carbocycles. The molecule has 2 rings (SSSR count). The zero-order valence-corrected chi connectivity index (χ0v) is 9.44. The number of rotatable bonds is 2. The lowest BCUT2D eigenvalue weighted by Gasteiger charge is -2.08. The number of methoxy groups -OCH3 is 1. The van der Waals surface area contributed by atoms with Crippen LogP contribution in [0.15, 0.2) is 18.2 Å². The largest absolute Gasteiger partial charge is 0.496 e. The smallest absolute Gasteiger partial charge is 0.123 e. The molecule has 14 heavy (non-hydrogen) atoms. The third-order valence-corrected chi connectivity index (χ3v) is 2.77. The van der Waals surface area contributed by atoms with E-state index in [1.54, 1.807) is 7.11 Å². The molecule has 2 nitrogen and oxygen atoms in total. The Morgan fingerprint density at radius 1 is 1.50 bits per heavy atom. The molecule has 4 heteroatoms. The van der Waals surface area contributed by atoms with Crippen molar-refractivity contribution in [2.75, 3.05) is 7.11 Å². The first-order chi connectivity index (χ1) is 6.24. The zero-order chi connectivity index (χ0) is 9.42. The summed E-state index contributed by atoms with van der Waals surface area (Å²) in [7, 11) is 1.66. The van der Waals surface area contributed by atoms with E-state index in [2.05, 4.69) is 0 Å². The summed E-state index contributed by atoms with van der Waals surface area (Å²) in [4.78, 5) is 0. The minimum absolute atomic E-state index is 0.